The molecule has 38 heavy (non-hydrogen) atoms. The fourth-order valence-corrected chi connectivity index (χ4v) is 6.30. The molecule has 1 aliphatic rings. The average molecular weight is 567 g/mol. The number of carbonyl (C=O) groups is 2. The second-order valence-corrected chi connectivity index (χ2v) is 11.4. The van der Waals surface area contributed by atoms with Crippen LogP contribution < -0.4 is 10.6 Å². The lowest BCUT2D eigenvalue weighted by atomic mass is 10.0. The van der Waals surface area contributed by atoms with Gasteiger partial charge < -0.3 is 10.6 Å². The molecule has 1 fully saturated rings. The van der Waals surface area contributed by atoms with Crippen LogP contribution in [0.15, 0.2) is 36.5 Å². The number of rotatable bonds is 5. The van der Waals surface area contributed by atoms with Crippen molar-refractivity contribution in [2.75, 3.05) is 16.8 Å². The van der Waals surface area contributed by atoms with Crippen LogP contribution in [0.3, 0.4) is 0 Å². The number of amides is 2. The summed E-state index contributed by atoms with van der Waals surface area (Å²) in [5, 5.41) is 17.8. The monoisotopic (exact) mass is 566 g/mol. The minimum atomic E-state index is -4.89. The number of nitrogens with zero attached hydrogens (tertiary/aromatic N) is 4. The quantitative estimate of drug-likeness (QED) is 0.481. The van der Waals surface area contributed by atoms with Gasteiger partial charge >= 0.3 is 6.18 Å². The van der Waals surface area contributed by atoms with Crippen molar-refractivity contribution in [1.29, 1.82) is 5.26 Å². The Kier molecular flexibility index (Phi) is 6.71. The summed E-state index contributed by atoms with van der Waals surface area (Å²) in [7, 11) is -3.30. The van der Waals surface area contributed by atoms with E-state index in [9.17, 15) is 36.4 Å². The zero-order valence-corrected chi connectivity index (χ0v) is 21.3. The number of alkyl halides is 3. The molecule has 1 saturated heterocycles. The zero-order chi connectivity index (χ0) is 28.0. The first-order chi connectivity index (χ1) is 17.6. The SMILES string of the molecule is Cc1cc(C#N)cc(C(=O)NC2(C)CS(=O)(=O)C2)c1NC(=O)c1cc(C(F)(F)F)nn1-c1ncccc1Cl. The number of aromatic nitrogens is 3. The van der Waals surface area contributed by atoms with Crippen LogP contribution in [0.25, 0.3) is 5.82 Å². The van der Waals surface area contributed by atoms with Crippen LogP contribution in [0.1, 0.15) is 44.6 Å². The molecule has 198 valence electrons. The highest BCUT2D eigenvalue weighted by Gasteiger charge is 2.46. The van der Waals surface area contributed by atoms with E-state index in [2.05, 4.69) is 20.7 Å². The number of carbonyl (C=O) groups excluding carboxylic acids is 2. The molecule has 1 aliphatic heterocycles. The highest BCUT2D eigenvalue weighted by molar-refractivity contribution is 7.93. The standard InChI is InChI=1S/C23H18ClF3N6O4S/c1-12-6-13(9-28)7-14(20(34)31-22(2)10-38(36,37)11-22)18(12)30-21(35)16-8-17(23(25,26)27)32-33(16)19-15(24)4-3-5-29-19/h3-8H,10-11H2,1-2H3,(H,30,35)(H,31,34). The Morgan fingerprint density at radius 3 is 2.47 bits per heavy atom. The van der Waals surface area contributed by atoms with Gasteiger partial charge in [-0.1, -0.05) is 11.6 Å². The Bertz CT molecular complexity index is 1620. The van der Waals surface area contributed by atoms with E-state index in [1.807, 2.05) is 6.07 Å². The van der Waals surface area contributed by atoms with Crippen molar-refractivity contribution in [2.45, 2.75) is 25.6 Å². The smallest absolute Gasteiger partial charge is 0.345 e. The summed E-state index contributed by atoms with van der Waals surface area (Å²) in [4.78, 5) is 30.3. The molecule has 4 rings (SSSR count). The van der Waals surface area contributed by atoms with Gasteiger partial charge in [0, 0.05) is 12.3 Å². The predicted molar refractivity (Wildman–Crippen MR) is 130 cm³/mol. The van der Waals surface area contributed by atoms with Gasteiger partial charge in [-0.3, -0.25) is 9.59 Å². The Hall–Kier alpha value is -3.96. The molecule has 10 nitrogen and oxygen atoms in total. The molecule has 0 spiro atoms. The lowest BCUT2D eigenvalue weighted by Crippen LogP contribution is -2.63. The van der Waals surface area contributed by atoms with Crippen molar-refractivity contribution in [3.05, 3.63) is 69.6 Å². The van der Waals surface area contributed by atoms with Crippen LogP contribution in [0.2, 0.25) is 5.02 Å². The van der Waals surface area contributed by atoms with Crippen LogP contribution >= 0.6 is 11.6 Å². The highest BCUT2D eigenvalue weighted by Crippen LogP contribution is 2.32. The molecule has 0 saturated carbocycles. The Labute approximate surface area is 219 Å². The number of nitriles is 1. The first kappa shape index (κ1) is 27.1. The molecule has 0 unspecified atom stereocenters. The molecule has 2 aromatic heterocycles. The number of hydrogen-bond donors (Lipinski definition) is 2. The summed E-state index contributed by atoms with van der Waals surface area (Å²) in [6.07, 6.45) is -3.64. The summed E-state index contributed by atoms with van der Waals surface area (Å²) >= 11 is 6.08. The third-order valence-electron chi connectivity index (χ3n) is 5.61. The summed E-state index contributed by atoms with van der Waals surface area (Å²) in [5.74, 6) is -2.68. The predicted octanol–water partition coefficient (Wildman–Crippen LogP) is 3.29. The van der Waals surface area contributed by atoms with E-state index in [0.717, 1.165) is 0 Å². The second-order valence-electron chi connectivity index (χ2n) is 8.96. The average Bonchev–Trinajstić information content (AvgIpc) is 3.24. The maximum Gasteiger partial charge on any atom is 0.435 e. The fraction of sp³-hybridized carbons (Fsp3) is 0.261. The molecule has 15 heteroatoms. The first-order valence-electron chi connectivity index (χ1n) is 10.8. The normalized spacial score (nSPS) is 15.7. The minimum Gasteiger partial charge on any atom is -0.345 e. The Morgan fingerprint density at radius 1 is 1.21 bits per heavy atom. The third kappa shape index (κ3) is 5.34. The number of nitrogens with one attached hydrogen (secondary N) is 2. The largest absolute Gasteiger partial charge is 0.435 e. The number of hydrogen-bond acceptors (Lipinski definition) is 7. The number of pyridine rings is 1. The van der Waals surface area contributed by atoms with Gasteiger partial charge in [0.25, 0.3) is 11.8 Å². The van der Waals surface area contributed by atoms with Crippen LogP contribution in [0.5, 0.6) is 0 Å². The van der Waals surface area contributed by atoms with Gasteiger partial charge in [-0.15, -0.1) is 0 Å². The number of halogens is 4. The summed E-state index contributed by atoms with van der Waals surface area (Å²) in [6.45, 7) is 3.01. The lowest BCUT2D eigenvalue weighted by molar-refractivity contribution is -0.141. The highest BCUT2D eigenvalue weighted by atomic mass is 35.5. The van der Waals surface area contributed by atoms with Crippen LogP contribution in [-0.2, 0) is 16.0 Å². The maximum atomic E-state index is 13.5. The number of aryl methyl sites for hydroxylation is 1. The minimum absolute atomic E-state index is 0.0710. The maximum absolute atomic E-state index is 13.5. The summed E-state index contributed by atoms with van der Waals surface area (Å²) in [6, 6.07) is 7.75. The topological polar surface area (TPSA) is 147 Å². The van der Waals surface area contributed by atoms with Crippen molar-refractivity contribution in [2.24, 2.45) is 0 Å². The van der Waals surface area contributed by atoms with E-state index < -0.39 is 44.8 Å². The van der Waals surface area contributed by atoms with Gasteiger partial charge in [0.1, 0.15) is 5.69 Å². The van der Waals surface area contributed by atoms with Crippen molar-refractivity contribution in [3.8, 4) is 11.9 Å². The van der Waals surface area contributed by atoms with Gasteiger partial charge in [-0.05, 0) is 43.7 Å². The molecular weight excluding hydrogens is 549 g/mol. The van der Waals surface area contributed by atoms with Gasteiger partial charge in [0.2, 0.25) is 0 Å². The third-order valence-corrected chi connectivity index (χ3v) is 8.06. The van der Waals surface area contributed by atoms with E-state index >= 15 is 0 Å². The number of benzene rings is 1. The zero-order valence-electron chi connectivity index (χ0n) is 19.7. The van der Waals surface area contributed by atoms with Gasteiger partial charge in [0.15, 0.2) is 21.3 Å². The Balaban J connectivity index is 1.75. The van der Waals surface area contributed by atoms with Crippen molar-refractivity contribution < 1.29 is 31.2 Å². The van der Waals surface area contributed by atoms with Crippen molar-refractivity contribution in [1.82, 2.24) is 20.1 Å². The van der Waals surface area contributed by atoms with Gasteiger partial charge in [0.05, 0.1) is 45.0 Å². The fourth-order valence-electron chi connectivity index (χ4n) is 4.09. The van der Waals surface area contributed by atoms with E-state index in [1.54, 1.807) is 0 Å². The Morgan fingerprint density at radius 2 is 1.89 bits per heavy atom. The number of anilines is 1. The van der Waals surface area contributed by atoms with Crippen LogP contribution in [0.4, 0.5) is 18.9 Å². The summed E-state index contributed by atoms with van der Waals surface area (Å²) in [5.41, 5.74) is -2.97. The molecule has 2 N–H and O–H groups in total. The molecule has 0 radical (unpaired) electrons. The molecule has 0 aliphatic carbocycles. The van der Waals surface area contributed by atoms with Gasteiger partial charge in [-0.2, -0.15) is 23.5 Å². The molecule has 0 bridgehead atoms. The molecule has 3 aromatic rings. The van der Waals surface area contributed by atoms with E-state index in [0.29, 0.717) is 10.7 Å². The van der Waals surface area contributed by atoms with E-state index in [4.69, 9.17) is 11.6 Å². The van der Waals surface area contributed by atoms with Crippen LogP contribution in [-0.4, -0.2) is 52.0 Å². The van der Waals surface area contributed by atoms with E-state index in [-0.39, 0.29) is 44.7 Å². The number of sulfone groups is 1. The molecule has 1 aromatic carbocycles. The summed E-state index contributed by atoms with van der Waals surface area (Å²) < 4.78 is 64.3. The van der Waals surface area contributed by atoms with Crippen molar-refractivity contribution in [3.63, 3.8) is 0 Å². The second kappa shape index (κ2) is 9.41. The molecule has 2 amide bonds. The van der Waals surface area contributed by atoms with Crippen LogP contribution in [0, 0.1) is 18.3 Å². The van der Waals surface area contributed by atoms with E-state index in [1.165, 1.54) is 44.3 Å². The molecular formula is C23H18ClF3N6O4S. The first-order valence-corrected chi connectivity index (χ1v) is 13.0. The molecule has 3 heterocycles. The van der Waals surface area contributed by atoms with Gasteiger partial charge in [-0.25, -0.2) is 18.1 Å². The van der Waals surface area contributed by atoms with Crippen molar-refractivity contribution >= 4 is 38.9 Å². The lowest BCUT2D eigenvalue weighted by Gasteiger charge is -2.38. The molecule has 0 atom stereocenters.